The highest BCUT2D eigenvalue weighted by Gasteiger charge is 2.21. The number of hydrazine groups is 1. The Balaban J connectivity index is 1.51. The first-order chi connectivity index (χ1) is 15.0. The van der Waals surface area contributed by atoms with Crippen molar-refractivity contribution >= 4 is 40.2 Å². The zero-order chi connectivity index (χ0) is 21.8. The van der Waals surface area contributed by atoms with Gasteiger partial charge in [0.2, 0.25) is 11.8 Å². The molecule has 4 rings (SSSR count). The number of fused-ring (bicyclic) bond motifs is 1. The Morgan fingerprint density at radius 3 is 2.61 bits per heavy atom. The van der Waals surface area contributed by atoms with Crippen molar-refractivity contribution < 1.29 is 14.4 Å². The number of hydrogen-bond acceptors (Lipinski definition) is 4. The minimum atomic E-state index is -0.461. The topological polar surface area (TPSA) is 91.4 Å². The number of carbonyl (C=O) groups is 3. The molecule has 3 aromatic rings. The number of hydrogen-bond donors (Lipinski definition) is 2. The van der Waals surface area contributed by atoms with Gasteiger partial charge in [-0.15, -0.1) is 0 Å². The van der Waals surface area contributed by atoms with E-state index in [0.29, 0.717) is 52.3 Å². The van der Waals surface area contributed by atoms with E-state index >= 15 is 0 Å². The van der Waals surface area contributed by atoms with E-state index in [9.17, 15) is 14.4 Å². The molecule has 1 aromatic heterocycles. The van der Waals surface area contributed by atoms with Gasteiger partial charge < -0.3 is 4.90 Å². The van der Waals surface area contributed by atoms with Crippen molar-refractivity contribution in [3.05, 3.63) is 65.2 Å². The first kappa shape index (κ1) is 20.8. The van der Waals surface area contributed by atoms with Crippen LogP contribution in [-0.4, -0.2) is 40.7 Å². The fraction of sp³-hybridized carbons (Fsp3) is 0.217. The van der Waals surface area contributed by atoms with Gasteiger partial charge in [0.25, 0.3) is 5.91 Å². The minimum absolute atomic E-state index is 0.0622. The second kappa shape index (κ2) is 9.14. The van der Waals surface area contributed by atoms with Crippen molar-refractivity contribution in [1.82, 2.24) is 20.7 Å². The molecule has 1 fully saturated rings. The van der Waals surface area contributed by atoms with Crippen LogP contribution in [0.5, 0.6) is 0 Å². The lowest BCUT2D eigenvalue weighted by molar-refractivity contribution is -0.128. The van der Waals surface area contributed by atoms with Gasteiger partial charge in [-0.3, -0.25) is 25.2 Å². The van der Waals surface area contributed by atoms with Crippen LogP contribution in [0.15, 0.2) is 54.6 Å². The molecular weight excluding hydrogens is 416 g/mol. The molecule has 2 aromatic carbocycles. The van der Waals surface area contributed by atoms with Crippen molar-refractivity contribution in [2.75, 3.05) is 13.1 Å². The van der Waals surface area contributed by atoms with Crippen molar-refractivity contribution in [3.63, 3.8) is 0 Å². The first-order valence-electron chi connectivity index (χ1n) is 10.0. The highest BCUT2D eigenvalue weighted by Crippen LogP contribution is 2.29. The van der Waals surface area contributed by atoms with Crippen molar-refractivity contribution in [2.45, 2.75) is 19.3 Å². The zero-order valence-electron chi connectivity index (χ0n) is 16.7. The number of halogens is 1. The van der Waals surface area contributed by atoms with Gasteiger partial charge in [-0.05, 0) is 24.6 Å². The fourth-order valence-electron chi connectivity index (χ4n) is 3.60. The van der Waals surface area contributed by atoms with Crippen molar-refractivity contribution in [2.24, 2.45) is 0 Å². The maximum Gasteiger partial charge on any atom is 0.270 e. The molecule has 1 aliphatic rings. The monoisotopic (exact) mass is 436 g/mol. The highest BCUT2D eigenvalue weighted by molar-refractivity contribution is 6.33. The van der Waals surface area contributed by atoms with Crippen LogP contribution < -0.4 is 10.9 Å². The van der Waals surface area contributed by atoms with Crippen LogP contribution in [0.1, 0.15) is 29.6 Å². The summed E-state index contributed by atoms with van der Waals surface area (Å²) in [6, 6.07) is 16.2. The number of amides is 3. The molecule has 1 saturated heterocycles. The summed E-state index contributed by atoms with van der Waals surface area (Å²) in [5, 5.41) is 1.19. The van der Waals surface area contributed by atoms with Crippen LogP contribution in [0.2, 0.25) is 5.02 Å². The van der Waals surface area contributed by atoms with Crippen LogP contribution in [0.3, 0.4) is 0 Å². The largest absolute Gasteiger partial charge is 0.342 e. The lowest BCUT2D eigenvalue weighted by Gasteiger charge is -2.15. The molecule has 1 aliphatic heterocycles. The predicted octanol–water partition coefficient (Wildman–Crippen LogP) is 3.33. The van der Waals surface area contributed by atoms with Crippen LogP contribution >= 0.6 is 11.6 Å². The second-order valence-corrected chi connectivity index (χ2v) is 7.70. The van der Waals surface area contributed by atoms with E-state index in [-0.39, 0.29) is 18.2 Å². The SMILES string of the molecule is O=C(CCN1CCCC1=O)NNC(=O)c1cc(-c2ccccc2Cl)nc2ccccc12. The Kier molecular flexibility index (Phi) is 6.13. The molecule has 3 amide bonds. The van der Waals surface area contributed by atoms with Gasteiger partial charge in [0.05, 0.1) is 16.8 Å². The number of carbonyl (C=O) groups excluding carboxylic acids is 3. The van der Waals surface area contributed by atoms with Gasteiger partial charge in [0, 0.05) is 41.9 Å². The molecule has 0 aliphatic carbocycles. The van der Waals surface area contributed by atoms with Crippen LogP contribution in [0.25, 0.3) is 22.2 Å². The van der Waals surface area contributed by atoms with Gasteiger partial charge in [-0.2, -0.15) is 0 Å². The summed E-state index contributed by atoms with van der Waals surface area (Å²) in [5.74, 6) is -0.762. The molecule has 0 atom stereocenters. The van der Waals surface area contributed by atoms with Crippen LogP contribution in [-0.2, 0) is 9.59 Å². The van der Waals surface area contributed by atoms with E-state index < -0.39 is 5.91 Å². The van der Waals surface area contributed by atoms with E-state index in [2.05, 4.69) is 15.8 Å². The summed E-state index contributed by atoms with van der Waals surface area (Å²) in [6.07, 6.45) is 1.47. The minimum Gasteiger partial charge on any atom is -0.342 e. The molecule has 7 nitrogen and oxygen atoms in total. The fourth-order valence-corrected chi connectivity index (χ4v) is 3.84. The molecule has 31 heavy (non-hydrogen) atoms. The van der Waals surface area contributed by atoms with E-state index in [0.717, 1.165) is 6.42 Å². The smallest absolute Gasteiger partial charge is 0.270 e. The van der Waals surface area contributed by atoms with Gasteiger partial charge in [0.15, 0.2) is 0 Å². The average molecular weight is 437 g/mol. The van der Waals surface area contributed by atoms with Crippen LogP contribution in [0, 0.1) is 0 Å². The lowest BCUT2D eigenvalue weighted by atomic mass is 10.0. The third-order valence-electron chi connectivity index (χ3n) is 5.21. The normalized spacial score (nSPS) is 13.5. The molecule has 158 valence electrons. The van der Waals surface area contributed by atoms with Crippen LogP contribution in [0.4, 0.5) is 0 Å². The van der Waals surface area contributed by atoms with E-state index in [1.807, 2.05) is 36.4 Å². The molecule has 0 spiro atoms. The number of pyridine rings is 1. The van der Waals surface area contributed by atoms with Gasteiger partial charge in [-0.1, -0.05) is 48.0 Å². The average Bonchev–Trinajstić information content (AvgIpc) is 3.20. The number of aromatic nitrogens is 1. The number of benzene rings is 2. The van der Waals surface area contributed by atoms with Gasteiger partial charge >= 0.3 is 0 Å². The Labute approximate surface area is 184 Å². The maximum absolute atomic E-state index is 12.9. The number of rotatable bonds is 5. The summed E-state index contributed by atoms with van der Waals surface area (Å²) >= 11 is 6.32. The Bertz CT molecular complexity index is 1160. The summed E-state index contributed by atoms with van der Waals surface area (Å²) in [6.45, 7) is 1.02. The molecule has 2 heterocycles. The highest BCUT2D eigenvalue weighted by atomic mass is 35.5. The Morgan fingerprint density at radius 2 is 1.84 bits per heavy atom. The summed E-state index contributed by atoms with van der Waals surface area (Å²) < 4.78 is 0. The van der Waals surface area contributed by atoms with Gasteiger partial charge in [0.1, 0.15) is 0 Å². The summed E-state index contributed by atoms with van der Waals surface area (Å²) in [5.41, 5.74) is 7.19. The standard InChI is InChI=1S/C23H21ClN4O3/c24-18-8-3-1-7-16(18)20-14-17(15-6-2-4-9-19(15)25-20)23(31)27-26-21(29)11-13-28-12-5-10-22(28)30/h1-4,6-9,14H,5,10-13H2,(H,26,29)(H,27,31). The number of likely N-dealkylation sites (tertiary alicyclic amines) is 1. The Hall–Kier alpha value is -3.45. The Morgan fingerprint density at radius 1 is 1.06 bits per heavy atom. The van der Waals surface area contributed by atoms with E-state index in [1.165, 1.54) is 0 Å². The summed E-state index contributed by atoms with van der Waals surface area (Å²) in [4.78, 5) is 43.0. The molecular formula is C23H21ClN4O3. The molecule has 2 N–H and O–H groups in total. The third kappa shape index (κ3) is 4.67. The molecule has 0 saturated carbocycles. The molecule has 8 heteroatoms. The predicted molar refractivity (Wildman–Crippen MR) is 118 cm³/mol. The molecule has 0 unspecified atom stereocenters. The number of nitrogens with zero attached hydrogens (tertiary/aromatic N) is 2. The summed E-state index contributed by atoms with van der Waals surface area (Å²) in [7, 11) is 0. The number of nitrogens with one attached hydrogen (secondary N) is 2. The van der Waals surface area contributed by atoms with E-state index in [4.69, 9.17) is 11.6 Å². The lowest BCUT2D eigenvalue weighted by Crippen LogP contribution is -2.43. The van der Waals surface area contributed by atoms with Gasteiger partial charge in [-0.25, -0.2) is 4.98 Å². The van der Waals surface area contributed by atoms with Crippen molar-refractivity contribution in [3.8, 4) is 11.3 Å². The molecule has 0 bridgehead atoms. The maximum atomic E-state index is 12.9. The molecule has 0 radical (unpaired) electrons. The quantitative estimate of drug-likeness (QED) is 0.600. The van der Waals surface area contributed by atoms with Crippen molar-refractivity contribution in [1.29, 1.82) is 0 Å². The van der Waals surface area contributed by atoms with E-state index in [1.54, 1.807) is 23.1 Å². The zero-order valence-corrected chi connectivity index (χ0v) is 17.5. The second-order valence-electron chi connectivity index (χ2n) is 7.29. The number of para-hydroxylation sites is 1. The first-order valence-corrected chi connectivity index (χ1v) is 10.4. The third-order valence-corrected chi connectivity index (χ3v) is 5.54.